The molecule has 0 aromatic heterocycles. The molecule has 1 saturated carbocycles. The van der Waals surface area contributed by atoms with Crippen LogP contribution in [0.25, 0.3) is 0 Å². The Morgan fingerprint density at radius 3 is 2.57 bits per heavy atom. The van der Waals surface area contributed by atoms with E-state index in [1.165, 1.54) is 24.3 Å². The van der Waals surface area contributed by atoms with Gasteiger partial charge >= 0.3 is 0 Å². The van der Waals surface area contributed by atoms with Gasteiger partial charge in [0.15, 0.2) is 0 Å². The van der Waals surface area contributed by atoms with Gasteiger partial charge in [-0.3, -0.25) is 4.79 Å². The molecule has 2 aromatic rings. The summed E-state index contributed by atoms with van der Waals surface area (Å²) in [5.74, 6) is -0.338. The van der Waals surface area contributed by atoms with Crippen molar-refractivity contribution in [1.29, 1.82) is 5.26 Å². The highest BCUT2D eigenvalue weighted by atomic mass is 19.1. The van der Waals surface area contributed by atoms with Crippen LogP contribution in [0.3, 0.4) is 0 Å². The molecule has 3 rings (SSSR count). The van der Waals surface area contributed by atoms with Gasteiger partial charge in [-0.15, -0.1) is 0 Å². The zero-order chi connectivity index (χ0) is 16.2. The van der Waals surface area contributed by atoms with Crippen molar-refractivity contribution in [2.75, 3.05) is 0 Å². The molecule has 1 aliphatic carbocycles. The molecule has 0 bridgehead atoms. The monoisotopic (exact) mass is 310 g/mol. The van der Waals surface area contributed by atoms with Crippen LogP contribution in [0.1, 0.15) is 30.1 Å². The van der Waals surface area contributed by atoms with Crippen LogP contribution in [-0.4, -0.2) is 11.9 Å². The lowest BCUT2D eigenvalue weighted by Crippen LogP contribution is -2.34. The number of ether oxygens (including phenoxy) is 1. The summed E-state index contributed by atoms with van der Waals surface area (Å²) in [6, 6.07) is 14.5. The molecule has 1 atom stereocenters. The Morgan fingerprint density at radius 1 is 1.22 bits per heavy atom. The van der Waals surface area contributed by atoms with E-state index >= 15 is 0 Å². The number of carbonyl (C=O) groups excluding carboxylic acids is 1. The fourth-order valence-corrected chi connectivity index (χ4v) is 2.20. The molecular weight excluding hydrogens is 295 g/mol. The van der Waals surface area contributed by atoms with Crippen LogP contribution in [0.4, 0.5) is 4.39 Å². The lowest BCUT2D eigenvalue weighted by Gasteiger charge is -2.19. The Morgan fingerprint density at radius 2 is 1.91 bits per heavy atom. The van der Waals surface area contributed by atoms with Gasteiger partial charge in [0.2, 0.25) is 6.10 Å². The fraction of sp³-hybridized carbons (Fsp3) is 0.222. The maximum absolute atomic E-state index is 13.1. The zero-order valence-corrected chi connectivity index (χ0v) is 12.3. The van der Waals surface area contributed by atoms with Gasteiger partial charge in [0.25, 0.3) is 5.91 Å². The number of hydrogen-bond donors (Lipinski definition) is 1. The van der Waals surface area contributed by atoms with Crippen LogP contribution in [0, 0.1) is 17.1 Å². The summed E-state index contributed by atoms with van der Waals surface area (Å²) in [5.41, 5.74) is 0.885. The van der Waals surface area contributed by atoms with Crippen molar-refractivity contribution >= 4 is 5.91 Å². The molecule has 0 heterocycles. The Bertz CT molecular complexity index is 748. The number of hydrogen-bond acceptors (Lipinski definition) is 3. The van der Waals surface area contributed by atoms with Crippen LogP contribution < -0.4 is 10.1 Å². The van der Waals surface area contributed by atoms with Crippen molar-refractivity contribution in [3.05, 3.63) is 65.5 Å². The predicted octanol–water partition coefficient (Wildman–Crippen LogP) is 3.10. The maximum Gasteiger partial charge on any atom is 0.266 e. The summed E-state index contributed by atoms with van der Waals surface area (Å²) in [7, 11) is 0. The first-order valence-corrected chi connectivity index (χ1v) is 7.39. The van der Waals surface area contributed by atoms with Gasteiger partial charge in [-0.05, 0) is 37.1 Å². The van der Waals surface area contributed by atoms with E-state index in [4.69, 9.17) is 10.00 Å². The number of rotatable bonds is 5. The van der Waals surface area contributed by atoms with Crippen LogP contribution >= 0.6 is 0 Å². The number of halogens is 1. The third-order valence-corrected chi connectivity index (χ3v) is 3.59. The van der Waals surface area contributed by atoms with Crippen molar-refractivity contribution in [3.63, 3.8) is 0 Å². The second kappa shape index (κ2) is 6.49. The summed E-state index contributed by atoms with van der Waals surface area (Å²) in [5, 5.41) is 12.0. The fourth-order valence-electron chi connectivity index (χ4n) is 2.20. The molecule has 0 aliphatic heterocycles. The summed E-state index contributed by atoms with van der Waals surface area (Å²) < 4.78 is 18.9. The number of nitrogens with one attached hydrogen (secondary N) is 1. The number of amides is 1. The maximum atomic E-state index is 13.1. The van der Waals surface area contributed by atoms with E-state index in [-0.39, 0.29) is 17.8 Å². The van der Waals surface area contributed by atoms with Gasteiger partial charge in [0.05, 0.1) is 5.56 Å². The zero-order valence-electron chi connectivity index (χ0n) is 12.3. The topological polar surface area (TPSA) is 62.1 Å². The molecule has 0 saturated heterocycles. The molecule has 0 radical (unpaired) electrons. The van der Waals surface area contributed by atoms with Crippen LogP contribution in [-0.2, 0) is 4.79 Å². The van der Waals surface area contributed by atoms with Gasteiger partial charge in [0.1, 0.15) is 17.6 Å². The largest absolute Gasteiger partial charge is 0.474 e. The molecule has 116 valence electrons. The van der Waals surface area contributed by atoms with Crippen molar-refractivity contribution in [3.8, 4) is 11.8 Å². The molecule has 2 aromatic carbocycles. The Labute approximate surface area is 133 Å². The minimum Gasteiger partial charge on any atom is -0.474 e. The molecule has 1 unspecified atom stereocenters. The first kappa shape index (κ1) is 15.0. The first-order chi connectivity index (χ1) is 11.2. The van der Waals surface area contributed by atoms with Crippen LogP contribution in [0.5, 0.6) is 5.75 Å². The lowest BCUT2D eigenvalue weighted by atomic mass is 10.1. The highest BCUT2D eigenvalue weighted by molar-refractivity contribution is 5.83. The van der Waals surface area contributed by atoms with E-state index in [9.17, 15) is 9.18 Å². The van der Waals surface area contributed by atoms with E-state index < -0.39 is 6.10 Å². The second-order valence-electron chi connectivity index (χ2n) is 5.44. The normalized spacial score (nSPS) is 14.6. The minimum absolute atomic E-state index is 0.181. The number of para-hydroxylation sites is 1. The summed E-state index contributed by atoms with van der Waals surface area (Å²) >= 11 is 0. The molecule has 23 heavy (non-hydrogen) atoms. The van der Waals surface area contributed by atoms with E-state index in [0.29, 0.717) is 16.9 Å². The number of nitrogens with zero attached hydrogens (tertiary/aromatic N) is 1. The van der Waals surface area contributed by atoms with Gasteiger partial charge in [-0.2, -0.15) is 5.26 Å². The van der Waals surface area contributed by atoms with Crippen molar-refractivity contribution < 1.29 is 13.9 Å². The quantitative estimate of drug-likeness (QED) is 0.923. The first-order valence-electron chi connectivity index (χ1n) is 7.39. The lowest BCUT2D eigenvalue weighted by molar-refractivity contribution is -0.128. The second-order valence-corrected chi connectivity index (χ2v) is 5.44. The minimum atomic E-state index is -0.925. The predicted molar refractivity (Wildman–Crippen MR) is 82.1 cm³/mol. The van der Waals surface area contributed by atoms with Crippen molar-refractivity contribution in [2.45, 2.75) is 25.0 Å². The molecule has 1 aliphatic rings. The molecular formula is C18H15FN2O2. The summed E-state index contributed by atoms with van der Waals surface area (Å²) in [4.78, 5) is 12.5. The van der Waals surface area contributed by atoms with Crippen LogP contribution in [0.15, 0.2) is 48.5 Å². The third-order valence-electron chi connectivity index (χ3n) is 3.59. The molecule has 0 spiro atoms. The Balaban J connectivity index is 1.89. The van der Waals surface area contributed by atoms with E-state index in [2.05, 4.69) is 5.32 Å². The average molecular weight is 310 g/mol. The van der Waals surface area contributed by atoms with Gasteiger partial charge in [0, 0.05) is 11.6 Å². The molecule has 1 fully saturated rings. The van der Waals surface area contributed by atoms with Gasteiger partial charge in [-0.1, -0.05) is 24.3 Å². The third kappa shape index (κ3) is 3.67. The van der Waals surface area contributed by atoms with E-state index in [1.807, 2.05) is 6.07 Å². The van der Waals surface area contributed by atoms with Gasteiger partial charge < -0.3 is 10.1 Å². The van der Waals surface area contributed by atoms with E-state index in [0.717, 1.165) is 12.8 Å². The van der Waals surface area contributed by atoms with Crippen molar-refractivity contribution in [2.24, 2.45) is 0 Å². The molecule has 1 amide bonds. The molecule has 1 N–H and O–H groups in total. The highest BCUT2D eigenvalue weighted by Gasteiger charge is 2.30. The number of carbonyl (C=O) groups is 1. The SMILES string of the molecule is N#Cc1ccccc1OC(C(=O)NC1CC1)c1ccc(F)cc1. The van der Waals surface area contributed by atoms with Gasteiger partial charge in [-0.25, -0.2) is 4.39 Å². The van der Waals surface area contributed by atoms with Crippen LogP contribution in [0.2, 0.25) is 0 Å². The molecule has 5 heteroatoms. The average Bonchev–Trinajstić information content (AvgIpc) is 3.38. The number of nitriles is 1. The summed E-state index contributed by atoms with van der Waals surface area (Å²) in [6.45, 7) is 0. The standard InChI is InChI=1S/C18H15FN2O2/c19-14-7-5-12(6-8-14)17(18(22)21-15-9-10-15)23-16-4-2-1-3-13(16)11-20/h1-8,15,17H,9-10H2,(H,21,22). The highest BCUT2D eigenvalue weighted by Crippen LogP contribution is 2.27. The van der Waals surface area contributed by atoms with Crippen molar-refractivity contribution in [1.82, 2.24) is 5.32 Å². The Hall–Kier alpha value is -2.87. The summed E-state index contributed by atoms with van der Waals surface area (Å²) in [6.07, 6.45) is 0.985. The Kier molecular flexibility index (Phi) is 4.24. The smallest absolute Gasteiger partial charge is 0.266 e. The number of benzene rings is 2. The van der Waals surface area contributed by atoms with E-state index in [1.54, 1.807) is 24.3 Å². The molecule has 4 nitrogen and oxygen atoms in total.